The SMILES string of the molecule is Cc1cc(C2CCN(C)C2)cc(C(=O)NNS(=O)(=O)C2CCCCC2)c1F. The van der Waals surface area contributed by atoms with Crippen LogP contribution in [0.25, 0.3) is 0 Å². The first kappa shape index (κ1) is 20.2. The van der Waals surface area contributed by atoms with Crippen molar-refractivity contribution in [2.75, 3.05) is 20.1 Å². The molecule has 8 heteroatoms. The number of carbonyl (C=O) groups is 1. The molecule has 27 heavy (non-hydrogen) atoms. The Balaban J connectivity index is 1.73. The molecule has 1 amide bonds. The number of sulfonamides is 1. The van der Waals surface area contributed by atoms with Gasteiger partial charge in [-0.2, -0.15) is 0 Å². The van der Waals surface area contributed by atoms with Crippen LogP contribution in [0.5, 0.6) is 0 Å². The topological polar surface area (TPSA) is 78.5 Å². The Bertz CT molecular complexity index is 807. The number of halogens is 1. The third-order valence-corrected chi connectivity index (χ3v) is 7.42. The van der Waals surface area contributed by atoms with Gasteiger partial charge in [-0.1, -0.05) is 25.3 Å². The highest BCUT2D eigenvalue weighted by molar-refractivity contribution is 7.90. The molecule has 1 aromatic rings. The Kier molecular flexibility index (Phi) is 6.18. The molecule has 1 atom stereocenters. The van der Waals surface area contributed by atoms with Crippen molar-refractivity contribution >= 4 is 15.9 Å². The van der Waals surface area contributed by atoms with E-state index in [0.29, 0.717) is 18.4 Å². The van der Waals surface area contributed by atoms with E-state index in [0.717, 1.165) is 44.3 Å². The lowest BCUT2D eigenvalue weighted by Gasteiger charge is -2.22. The number of hydrogen-bond donors (Lipinski definition) is 2. The molecule has 1 heterocycles. The van der Waals surface area contributed by atoms with E-state index < -0.39 is 27.0 Å². The van der Waals surface area contributed by atoms with E-state index in [9.17, 15) is 17.6 Å². The van der Waals surface area contributed by atoms with Gasteiger partial charge in [0.25, 0.3) is 5.91 Å². The van der Waals surface area contributed by atoms with Crippen LogP contribution in [0.1, 0.15) is 65.9 Å². The van der Waals surface area contributed by atoms with Gasteiger partial charge in [-0.05, 0) is 62.9 Å². The van der Waals surface area contributed by atoms with Crippen molar-refractivity contribution in [1.29, 1.82) is 0 Å². The Labute approximate surface area is 160 Å². The molecular formula is C19H28FN3O3S. The number of amides is 1. The highest BCUT2D eigenvalue weighted by Crippen LogP contribution is 2.29. The number of aryl methyl sites for hydroxylation is 1. The zero-order valence-corrected chi connectivity index (χ0v) is 16.7. The molecule has 1 aliphatic carbocycles. The Morgan fingerprint density at radius 2 is 1.89 bits per heavy atom. The van der Waals surface area contributed by atoms with Crippen LogP contribution in [0, 0.1) is 12.7 Å². The van der Waals surface area contributed by atoms with Crippen molar-refractivity contribution in [3.63, 3.8) is 0 Å². The van der Waals surface area contributed by atoms with Gasteiger partial charge in [-0.15, -0.1) is 4.83 Å². The second-order valence-corrected chi connectivity index (χ2v) is 9.77. The van der Waals surface area contributed by atoms with Gasteiger partial charge in [0.1, 0.15) is 5.82 Å². The normalized spacial score (nSPS) is 22.1. The number of carbonyl (C=O) groups excluding carboxylic acids is 1. The van der Waals surface area contributed by atoms with Crippen molar-refractivity contribution in [3.05, 3.63) is 34.6 Å². The van der Waals surface area contributed by atoms with Gasteiger partial charge >= 0.3 is 0 Å². The fourth-order valence-corrected chi connectivity index (χ4v) is 5.40. The maximum absolute atomic E-state index is 14.5. The van der Waals surface area contributed by atoms with Gasteiger partial charge < -0.3 is 4.90 Å². The Morgan fingerprint density at radius 1 is 1.19 bits per heavy atom. The summed E-state index contributed by atoms with van der Waals surface area (Å²) >= 11 is 0. The van der Waals surface area contributed by atoms with Crippen LogP contribution < -0.4 is 10.3 Å². The first-order chi connectivity index (χ1) is 12.8. The summed E-state index contributed by atoms with van der Waals surface area (Å²) in [6.07, 6.45) is 4.89. The van der Waals surface area contributed by atoms with Gasteiger partial charge in [-0.25, -0.2) is 12.8 Å². The monoisotopic (exact) mass is 397 g/mol. The lowest BCUT2D eigenvalue weighted by Crippen LogP contribution is -2.46. The Morgan fingerprint density at radius 3 is 2.52 bits per heavy atom. The molecule has 3 rings (SSSR count). The second kappa shape index (κ2) is 8.24. The molecule has 0 bridgehead atoms. The lowest BCUT2D eigenvalue weighted by atomic mass is 9.94. The van der Waals surface area contributed by atoms with Gasteiger partial charge in [0, 0.05) is 6.54 Å². The number of benzene rings is 1. The fraction of sp³-hybridized carbons (Fsp3) is 0.632. The number of hydrogen-bond acceptors (Lipinski definition) is 4. The maximum atomic E-state index is 14.5. The molecule has 0 spiro atoms. The lowest BCUT2D eigenvalue weighted by molar-refractivity contribution is 0.0940. The summed E-state index contributed by atoms with van der Waals surface area (Å²) < 4.78 is 39.2. The Hall–Kier alpha value is -1.51. The third kappa shape index (κ3) is 4.67. The summed E-state index contributed by atoms with van der Waals surface area (Å²) in [5, 5.41) is -0.501. The number of likely N-dealkylation sites (tertiary alicyclic amines) is 1. The van der Waals surface area contributed by atoms with Gasteiger partial charge in [0.05, 0.1) is 10.8 Å². The van der Waals surface area contributed by atoms with E-state index in [1.807, 2.05) is 7.05 Å². The van der Waals surface area contributed by atoms with Gasteiger partial charge in [0.2, 0.25) is 10.0 Å². The summed E-state index contributed by atoms with van der Waals surface area (Å²) in [4.78, 5) is 16.9. The van der Waals surface area contributed by atoms with E-state index in [1.165, 1.54) is 0 Å². The van der Waals surface area contributed by atoms with Crippen molar-refractivity contribution in [1.82, 2.24) is 15.2 Å². The molecule has 1 aromatic carbocycles. The maximum Gasteiger partial charge on any atom is 0.269 e. The van der Waals surface area contributed by atoms with E-state index in [-0.39, 0.29) is 11.5 Å². The van der Waals surface area contributed by atoms with Crippen molar-refractivity contribution < 1.29 is 17.6 Å². The van der Waals surface area contributed by atoms with Crippen LogP contribution in [-0.2, 0) is 10.0 Å². The average Bonchev–Trinajstić information content (AvgIpc) is 3.09. The number of rotatable bonds is 5. The first-order valence-corrected chi connectivity index (χ1v) is 11.1. The minimum Gasteiger partial charge on any atom is -0.306 e. The van der Waals surface area contributed by atoms with Crippen LogP contribution in [0.3, 0.4) is 0 Å². The minimum absolute atomic E-state index is 0.120. The van der Waals surface area contributed by atoms with E-state index >= 15 is 0 Å². The van der Waals surface area contributed by atoms with Crippen LogP contribution in [-0.4, -0.2) is 44.6 Å². The molecule has 6 nitrogen and oxygen atoms in total. The fourth-order valence-electron chi connectivity index (χ4n) is 4.05. The van der Waals surface area contributed by atoms with Crippen LogP contribution in [0.2, 0.25) is 0 Å². The molecule has 2 fully saturated rings. The predicted molar refractivity (Wildman–Crippen MR) is 102 cm³/mol. The number of nitrogens with one attached hydrogen (secondary N) is 2. The number of likely N-dealkylation sites (N-methyl/N-ethyl adjacent to an activating group) is 1. The molecule has 0 radical (unpaired) electrons. The highest BCUT2D eigenvalue weighted by atomic mass is 32.2. The summed E-state index contributed by atoms with van der Waals surface area (Å²) in [5.41, 5.74) is 3.39. The molecule has 2 aliphatic rings. The van der Waals surface area contributed by atoms with Crippen LogP contribution in [0.15, 0.2) is 12.1 Å². The number of nitrogens with zero attached hydrogens (tertiary/aromatic N) is 1. The second-order valence-electron chi connectivity index (χ2n) is 7.81. The van der Waals surface area contributed by atoms with Crippen LogP contribution in [0.4, 0.5) is 4.39 Å². The van der Waals surface area contributed by atoms with Gasteiger partial charge in [0.15, 0.2) is 0 Å². The molecule has 1 saturated heterocycles. The summed E-state index contributed by atoms with van der Waals surface area (Å²) in [6, 6.07) is 3.33. The molecule has 150 valence electrons. The van der Waals surface area contributed by atoms with E-state index in [2.05, 4.69) is 15.2 Å². The average molecular weight is 398 g/mol. The molecular weight excluding hydrogens is 369 g/mol. The molecule has 0 aromatic heterocycles. The molecule has 1 aliphatic heterocycles. The largest absolute Gasteiger partial charge is 0.306 e. The van der Waals surface area contributed by atoms with Gasteiger partial charge in [-0.3, -0.25) is 10.2 Å². The summed E-state index contributed by atoms with van der Waals surface area (Å²) in [5.74, 6) is -1.12. The minimum atomic E-state index is -3.65. The first-order valence-electron chi connectivity index (χ1n) is 9.57. The molecule has 1 unspecified atom stereocenters. The predicted octanol–water partition coefficient (Wildman–Crippen LogP) is 2.45. The standard InChI is InChI=1S/C19H28FN3O3S/c1-13-10-15(14-8-9-23(2)12-14)11-17(18(13)20)19(24)21-22-27(25,26)16-6-4-3-5-7-16/h10-11,14,16,22H,3-9,12H2,1-2H3,(H,21,24). The smallest absolute Gasteiger partial charge is 0.269 e. The zero-order chi connectivity index (χ0) is 19.6. The highest BCUT2D eigenvalue weighted by Gasteiger charge is 2.28. The van der Waals surface area contributed by atoms with Crippen molar-refractivity contribution in [2.45, 2.75) is 56.6 Å². The third-order valence-electron chi connectivity index (χ3n) is 5.68. The molecule has 1 saturated carbocycles. The van der Waals surface area contributed by atoms with Crippen LogP contribution >= 0.6 is 0 Å². The quantitative estimate of drug-likeness (QED) is 0.748. The van der Waals surface area contributed by atoms with Crippen molar-refractivity contribution in [2.24, 2.45) is 0 Å². The molecule has 2 N–H and O–H groups in total. The zero-order valence-electron chi connectivity index (χ0n) is 15.9. The summed E-state index contributed by atoms with van der Waals surface area (Å²) in [7, 11) is -1.62. The van der Waals surface area contributed by atoms with E-state index in [4.69, 9.17) is 0 Å². The summed E-state index contributed by atoms with van der Waals surface area (Å²) in [6.45, 7) is 3.45. The van der Waals surface area contributed by atoms with E-state index in [1.54, 1.807) is 19.1 Å². The number of hydrazine groups is 1. The van der Waals surface area contributed by atoms with Crippen molar-refractivity contribution in [3.8, 4) is 0 Å².